The molecule has 4 aliphatic carbocycles. The fraction of sp³-hybridized carbons (Fsp3) is 0.821. The molecule has 0 aromatic heterocycles. The van der Waals surface area contributed by atoms with Crippen LogP contribution < -0.4 is 0 Å². The van der Waals surface area contributed by atoms with E-state index < -0.39 is 11.7 Å². The molecule has 248 valence electrons. The Morgan fingerprint density at radius 3 is 2.30 bits per heavy atom. The van der Waals surface area contributed by atoms with Crippen molar-refractivity contribution in [3.05, 3.63) is 35.4 Å². The molecular weight excluding hydrogens is 548 g/mol. The molecule has 5 heteroatoms. The summed E-state index contributed by atoms with van der Waals surface area (Å²) in [6.45, 7) is 20.4. The van der Waals surface area contributed by atoms with Crippen LogP contribution in [0.3, 0.4) is 0 Å². The lowest BCUT2D eigenvalue weighted by atomic mass is 9.35. The molecule has 4 aliphatic rings. The molecule has 5 nitrogen and oxygen atoms in total. The normalized spacial score (nSPS) is 41.2. The Morgan fingerprint density at radius 2 is 1.64 bits per heavy atom. The second-order valence-electron chi connectivity index (χ2n) is 17.8. The zero-order valence-electron chi connectivity index (χ0n) is 29.5. The second-order valence-corrected chi connectivity index (χ2v) is 17.8. The van der Waals surface area contributed by atoms with Crippen molar-refractivity contribution < 1.29 is 24.5 Å². The van der Waals surface area contributed by atoms with Crippen LogP contribution in [0, 0.1) is 52.3 Å². The van der Waals surface area contributed by atoms with Crippen molar-refractivity contribution in [2.45, 2.75) is 150 Å². The molecule has 4 saturated carbocycles. The third kappa shape index (κ3) is 5.39. The number of esters is 1. The second kappa shape index (κ2) is 11.4. The highest BCUT2D eigenvalue weighted by atomic mass is 16.5. The van der Waals surface area contributed by atoms with E-state index in [4.69, 9.17) is 9.47 Å². The standard InChI is InChI=1S/C39H62O5/c1-25-13-11-14-26(23-25)33(41)44-31-17-20-36(6)29(35(31,4)5)16-22-37(7)30(36)24-28(40)32-27(15-21-38(32,37)8)39(9,42)19-12-18-34(2,3)43-10/h11,13-14,23,27-32,40,42H,12,15-22,24H2,1-10H3/t27-,28+,29-,30+,31-,32-,36-,37+,38+,39+/m0/s1. The SMILES string of the molecule is COC(C)(C)CCC[C@@](C)(O)[C@H]1CC[C@]2(C)[C@@H]1[C@H](O)C[C@@H]1[C@@]3(C)CC[C@H](OC(=O)c4cccc(C)c4)C(C)(C)[C@@H]3CC[C@]12C. The lowest BCUT2D eigenvalue weighted by Gasteiger charge is -2.70. The number of carbonyl (C=O) groups is 1. The van der Waals surface area contributed by atoms with Gasteiger partial charge in [0.15, 0.2) is 0 Å². The van der Waals surface area contributed by atoms with Crippen LogP contribution in [0.25, 0.3) is 0 Å². The zero-order chi connectivity index (χ0) is 32.5. The Hall–Kier alpha value is -1.43. The number of aryl methyl sites for hydroxylation is 1. The van der Waals surface area contributed by atoms with Gasteiger partial charge in [-0.1, -0.05) is 52.3 Å². The topological polar surface area (TPSA) is 76.0 Å². The van der Waals surface area contributed by atoms with E-state index in [-0.39, 0.29) is 51.2 Å². The monoisotopic (exact) mass is 610 g/mol. The van der Waals surface area contributed by atoms with Gasteiger partial charge in [0.2, 0.25) is 0 Å². The predicted molar refractivity (Wildman–Crippen MR) is 176 cm³/mol. The van der Waals surface area contributed by atoms with Crippen molar-refractivity contribution in [3.63, 3.8) is 0 Å². The first-order valence-electron chi connectivity index (χ1n) is 17.6. The average Bonchev–Trinajstić information content (AvgIpc) is 3.32. The van der Waals surface area contributed by atoms with Crippen LogP contribution in [0.4, 0.5) is 0 Å². The summed E-state index contributed by atoms with van der Waals surface area (Å²) in [6, 6.07) is 7.71. The van der Waals surface area contributed by atoms with Gasteiger partial charge in [0.05, 0.1) is 22.9 Å². The first kappa shape index (κ1) is 33.9. The van der Waals surface area contributed by atoms with E-state index in [0.717, 1.165) is 69.8 Å². The van der Waals surface area contributed by atoms with Crippen LogP contribution >= 0.6 is 0 Å². The van der Waals surface area contributed by atoms with Crippen molar-refractivity contribution >= 4 is 5.97 Å². The first-order chi connectivity index (χ1) is 20.3. The van der Waals surface area contributed by atoms with Crippen LogP contribution in [0.5, 0.6) is 0 Å². The van der Waals surface area contributed by atoms with Gasteiger partial charge >= 0.3 is 5.97 Å². The maximum atomic E-state index is 13.2. The summed E-state index contributed by atoms with van der Waals surface area (Å²) in [5.74, 6) is 0.797. The van der Waals surface area contributed by atoms with E-state index in [1.165, 1.54) is 0 Å². The van der Waals surface area contributed by atoms with Gasteiger partial charge < -0.3 is 19.7 Å². The van der Waals surface area contributed by atoms with Gasteiger partial charge in [-0.05, 0) is 144 Å². The van der Waals surface area contributed by atoms with Crippen LogP contribution in [0.1, 0.15) is 136 Å². The summed E-state index contributed by atoms with van der Waals surface area (Å²) in [5, 5.41) is 24.0. The largest absolute Gasteiger partial charge is 0.458 e. The molecule has 5 rings (SSSR count). The molecule has 0 bridgehead atoms. The number of aliphatic hydroxyl groups excluding tert-OH is 1. The highest BCUT2D eigenvalue weighted by molar-refractivity contribution is 5.89. The maximum Gasteiger partial charge on any atom is 0.338 e. The molecule has 0 unspecified atom stereocenters. The summed E-state index contributed by atoms with van der Waals surface area (Å²) in [5.41, 5.74) is 0.667. The quantitative estimate of drug-likeness (QED) is 0.289. The molecule has 0 saturated heterocycles. The van der Waals surface area contributed by atoms with Crippen molar-refractivity contribution in [2.24, 2.45) is 45.3 Å². The van der Waals surface area contributed by atoms with Crippen LogP contribution in [-0.4, -0.2) is 46.7 Å². The smallest absolute Gasteiger partial charge is 0.338 e. The number of benzene rings is 1. The molecule has 0 amide bonds. The number of carbonyl (C=O) groups excluding carboxylic acids is 1. The van der Waals surface area contributed by atoms with Crippen LogP contribution in [0.2, 0.25) is 0 Å². The lowest BCUT2D eigenvalue weighted by Crippen LogP contribution is -2.66. The minimum atomic E-state index is -0.807. The number of ether oxygens (including phenoxy) is 2. The zero-order valence-corrected chi connectivity index (χ0v) is 29.5. The number of hydrogen-bond acceptors (Lipinski definition) is 5. The fourth-order valence-corrected chi connectivity index (χ4v) is 11.8. The maximum absolute atomic E-state index is 13.2. The van der Waals surface area contributed by atoms with Crippen molar-refractivity contribution in [1.29, 1.82) is 0 Å². The fourth-order valence-electron chi connectivity index (χ4n) is 11.8. The Morgan fingerprint density at radius 1 is 0.955 bits per heavy atom. The average molecular weight is 611 g/mol. The van der Waals surface area contributed by atoms with Gasteiger partial charge in [0.25, 0.3) is 0 Å². The molecule has 1 aromatic carbocycles. The Kier molecular flexibility index (Phi) is 8.77. The number of hydrogen-bond donors (Lipinski definition) is 2. The van der Waals surface area contributed by atoms with Gasteiger partial charge in [0, 0.05) is 12.5 Å². The van der Waals surface area contributed by atoms with Gasteiger partial charge in [-0.2, -0.15) is 0 Å². The molecule has 0 radical (unpaired) electrons. The van der Waals surface area contributed by atoms with Crippen LogP contribution in [-0.2, 0) is 9.47 Å². The van der Waals surface area contributed by atoms with Gasteiger partial charge in [-0.15, -0.1) is 0 Å². The van der Waals surface area contributed by atoms with E-state index >= 15 is 0 Å². The molecule has 4 fully saturated rings. The van der Waals surface area contributed by atoms with E-state index in [1.54, 1.807) is 7.11 Å². The number of fused-ring (bicyclic) bond motifs is 5. The number of rotatable bonds is 8. The Labute approximate surface area is 267 Å². The molecule has 0 heterocycles. The van der Waals surface area contributed by atoms with Crippen LogP contribution in [0.15, 0.2) is 24.3 Å². The minimum Gasteiger partial charge on any atom is -0.458 e. The summed E-state index contributed by atoms with van der Waals surface area (Å²) in [6.07, 6.45) is 8.96. The summed E-state index contributed by atoms with van der Waals surface area (Å²) < 4.78 is 11.9. The third-order valence-electron chi connectivity index (χ3n) is 14.6. The molecule has 10 atom stereocenters. The van der Waals surface area contributed by atoms with E-state index in [2.05, 4.69) is 48.5 Å². The lowest BCUT2D eigenvalue weighted by molar-refractivity contribution is -0.246. The Balaban J connectivity index is 1.36. The summed E-state index contributed by atoms with van der Waals surface area (Å²) in [4.78, 5) is 13.2. The highest BCUT2D eigenvalue weighted by Crippen LogP contribution is 2.76. The predicted octanol–water partition coefficient (Wildman–Crippen LogP) is 8.52. The van der Waals surface area contributed by atoms with Gasteiger partial charge in [-0.3, -0.25) is 0 Å². The number of methoxy groups -OCH3 is 1. The Bertz CT molecular complexity index is 1220. The molecule has 2 N–H and O–H groups in total. The highest BCUT2D eigenvalue weighted by Gasteiger charge is 2.71. The molecular formula is C39H62O5. The van der Waals surface area contributed by atoms with Crippen molar-refractivity contribution in [3.8, 4) is 0 Å². The van der Waals surface area contributed by atoms with E-state index in [0.29, 0.717) is 17.4 Å². The van der Waals surface area contributed by atoms with Gasteiger partial charge in [0.1, 0.15) is 6.10 Å². The summed E-state index contributed by atoms with van der Waals surface area (Å²) >= 11 is 0. The number of aliphatic hydroxyl groups is 2. The minimum absolute atomic E-state index is 0.0254. The molecule has 44 heavy (non-hydrogen) atoms. The third-order valence-corrected chi connectivity index (χ3v) is 14.6. The first-order valence-corrected chi connectivity index (χ1v) is 17.6. The van der Waals surface area contributed by atoms with E-state index in [1.807, 2.05) is 38.1 Å². The molecule has 0 spiro atoms. The molecule has 1 aromatic rings. The summed E-state index contributed by atoms with van der Waals surface area (Å²) in [7, 11) is 1.76. The van der Waals surface area contributed by atoms with E-state index in [9.17, 15) is 15.0 Å². The van der Waals surface area contributed by atoms with Gasteiger partial charge in [-0.25, -0.2) is 4.79 Å². The molecule has 0 aliphatic heterocycles. The van der Waals surface area contributed by atoms with Crippen molar-refractivity contribution in [1.82, 2.24) is 0 Å². The van der Waals surface area contributed by atoms with Crippen molar-refractivity contribution in [2.75, 3.05) is 7.11 Å².